The molecule has 0 unspecified atom stereocenters. The quantitative estimate of drug-likeness (QED) is 0.501. The Hall–Kier alpha value is -3.58. The molecule has 0 spiro atoms. The molecule has 1 aromatic heterocycles. The van der Waals surface area contributed by atoms with Gasteiger partial charge in [-0.1, -0.05) is 41.9 Å². The molecule has 32 heavy (non-hydrogen) atoms. The van der Waals surface area contributed by atoms with E-state index in [2.05, 4.69) is 15.8 Å². The minimum atomic E-state index is -0.512. The first-order chi connectivity index (χ1) is 15.5. The number of benzene rings is 2. The van der Waals surface area contributed by atoms with E-state index in [0.717, 1.165) is 17.5 Å². The molecule has 2 aromatic carbocycles. The van der Waals surface area contributed by atoms with E-state index < -0.39 is 5.91 Å². The topological polar surface area (TPSA) is 104 Å². The van der Waals surface area contributed by atoms with E-state index in [9.17, 15) is 14.7 Å². The maximum absolute atomic E-state index is 12.8. The van der Waals surface area contributed by atoms with Crippen LogP contribution in [0.2, 0.25) is 5.02 Å². The fourth-order valence-corrected chi connectivity index (χ4v) is 3.94. The van der Waals surface area contributed by atoms with Gasteiger partial charge >= 0.3 is 0 Å². The third kappa shape index (κ3) is 4.38. The van der Waals surface area contributed by atoms with Crippen LogP contribution >= 0.6 is 11.6 Å². The number of hydrogen-bond acceptors (Lipinski definition) is 5. The molecule has 164 valence electrons. The average molecular weight is 452 g/mol. The number of phenolic OH excluding ortho intramolecular Hbond substituents is 1. The maximum atomic E-state index is 12.8. The van der Waals surface area contributed by atoms with Crippen LogP contribution in [-0.4, -0.2) is 22.6 Å². The molecule has 0 saturated carbocycles. The summed E-state index contributed by atoms with van der Waals surface area (Å²) >= 11 is 6.16. The van der Waals surface area contributed by atoms with Crippen LogP contribution in [0.1, 0.15) is 56.2 Å². The fraction of sp³-hybridized carbons (Fsp3) is 0.208. The van der Waals surface area contributed by atoms with Gasteiger partial charge in [-0.15, -0.1) is 0 Å². The zero-order valence-corrected chi connectivity index (χ0v) is 18.2. The molecule has 0 fully saturated rings. The second-order valence-electron chi connectivity index (χ2n) is 7.50. The lowest BCUT2D eigenvalue weighted by molar-refractivity contribution is 0.0918. The Bertz CT molecular complexity index is 1220. The number of nitrogens with zero attached hydrogens (tertiary/aromatic N) is 1. The number of carbonyl (C=O) groups is 2. The van der Waals surface area contributed by atoms with Crippen molar-refractivity contribution in [2.24, 2.45) is 5.10 Å². The van der Waals surface area contributed by atoms with Crippen LogP contribution in [0.3, 0.4) is 0 Å². The smallest absolute Gasteiger partial charge is 0.287 e. The summed E-state index contributed by atoms with van der Waals surface area (Å²) in [6.45, 7) is 2.08. The Balaban J connectivity index is 1.53. The Labute approximate surface area is 190 Å². The molecule has 0 saturated heterocycles. The number of para-hydroxylation sites is 1. The van der Waals surface area contributed by atoms with Gasteiger partial charge < -0.3 is 14.8 Å². The first-order valence-electron chi connectivity index (χ1n) is 10.2. The summed E-state index contributed by atoms with van der Waals surface area (Å²) in [5.74, 6) is -0.0709. The number of nitrogens with one attached hydrogen (secondary N) is 2. The Kier molecular flexibility index (Phi) is 6.28. The van der Waals surface area contributed by atoms with Gasteiger partial charge in [0.25, 0.3) is 11.8 Å². The summed E-state index contributed by atoms with van der Waals surface area (Å²) in [6.07, 6.45) is 2.10. The molecule has 1 aliphatic carbocycles. The van der Waals surface area contributed by atoms with E-state index in [1.807, 2.05) is 18.2 Å². The zero-order chi connectivity index (χ0) is 22.7. The Morgan fingerprint density at radius 1 is 1.09 bits per heavy atom. The predicted molar refractivity (Wildman–Crippen MR) is 121 cm³/mol. The SMILES string of the molecule is Cc1c(C(=O)NCc2ccccc2Cl)oc2c1/C(=N/NC(=O)c1ccccc1O)CCC2. The van der Waals surface area contributed by atoms with Crippen molar-refractivity contribution in [3.63, 3.8) is 0 Å². The molecular formula is C24H22ClN3O4. The van der Waals surface area contributed by atoms with Crippen LogP contribution in [-0.2, 0) is 13.0 Å². The number of amides is 2. The van der Waals surface area contributed by atoms with Crippen LogP contribution in [0.15, 0.2) is 58.0 Å². The van der Waals surface area contributed by atoms with Crippen LogP contribution in [0.4, 0.5) is 0 Å². The molecule has 2 amide bonds. The molecule has 3 N–H and O–H groups in total. The van der Waals surface area contributed by atoms with Gasteiger partial charge in [-0.05, 0) is 43.5 Å². The lowest BCUT2D eigenvalue weighted by Gasteiger charge is -2.13. The number of furan rings is 1. The monoisotopic (exact) mass is 451 g/mol. The number of rotatable bonds is 5. The minimum Gasteiger partial charge on any atom is -0.507 e. The first-order valence-corrected chi connectivity index (χ1v) is 10.6. The van der Waals surface area contributed by atoms with E-state index in [4.69, 9.17) is 16.0 Å². The lowest BCUT2D eigenvalue weighted by Crippen LogP contribution is -2.23. The fourth-order valence-electron chi connectivity index (χ4n) is 3.74. The van der Waals surface area contributed by atoms with Gasteiger partial charge in [0.1, 0.15) is 11.5 Å². The van der Waals surface area contributed by atoms with Crippen molar-refractivity contribution in [2.75, 3.05) is 0 Å². The molecule has 7 nitrogen and oxygen atoms in total. The predicted octanol–water partition coefficient (Wildman–Crippen LogP) is 4.35. The van der Waals surface area contributed by atoms with Crippen molar-refractivity contribution in [3.05, 3.63) is 87.3 Å². The van der Waals surface area contributed by atoms with Gasteiger partial charge in [0.2, 0.25) is 0 Å². The van der Waals surface area contributed by atoms with Crippen molar-refractivity contribution >= 4 is 29.1 Å². The number of carbonyl (C=O) groups excluding carboxylic acids is 2. The molecule has 0 radical (unpaired) electrons. The first kappa shape index (κ1) is 21.6. The number of aryl methyl sites for hydroxylation is 1. The van der Waals surface area contributed by atoms with E-state index in [1.165, 1.54) is 12.1 Å². The standard InChI is InChI=1S/C24H22ClN3O4/c1-14-21-18(27-28-23(30)16-8-3-5-11-19(16)29)10-6-12-20(21)32-22(14)24(31)26-13-15-7-2-4-9-17(15)25/h2-5,7-9,11,29H,6,10,12-13H2,1H3,(H,26,31)(H,28,30)/b27-18+. The summed E-state index contributed by atoms with van der Waals surface area (Å²) in [5, 5.41) is 17.6. The largest absolute Gasteiger partial charge is 0.507 e. The van der Waals surface area contributed by atoms with Gasteiger partial charge in [-0.3, -0.25) is 9.59 Å². The molecule has 4 rings (SSSR count). The number of fused-ring (bicyclic) bond motifs is 1. The second-order valence-corrected chi connectivity index (χ2v) is 7.91. The van der Waals surface area contributed by atoms with E-state index in [1.54, 1.807) is 25.1 Å². The highest BCUT2D eigenvalue weighted by atomic mass is 35.5. The van der Waals surface area contributed by atoms with Gasteiger partial charge in [-0.25, -0.2) is 5.43 Å². The summed E-state index contributed by atoms with van der Waals surface area (Å²) in [5.41, 5.74) is 5.51. The van der Waals surface area contributed by atoms with E-state index >= 15 is 0 Å². The third-order valence-electron chi connectivity index (χ3n) is 5.37. The number of aromatic hydroxyl groups is 1. The van der Waals surface area contributed by atoms with Crippen molar-refractivity contribution in [1.29, 1.82) is 0 Å². The molecule has 0 aliphatic heterocycles. The molecule has 1 heterocycles. The van der Waals surface area contributed by atoms with Crippen molar-refractivity contribution in [1.82, 2.24) is 10.7 Å². The summed E-state index contributed by atoms with van der Waals surface area (Å²) in [6, 6.07) is 13.6. The normalized spacial score (nSPS) is 14.1. The highest BCUT2D eigenvalue weighted by Gasteiger charge is 2.28. The summed E-state index contributed by atoms with van der Waals surface area (Å²) < 4.78 is 5.88. The molecule has 0 bridgehead atoms. The van der Waals surface area contributed by atoms with Crippen LogP contribution < -0.4 is 10.7 Å². The molecule has 0 atom stereocenters. The highest BCUT2D eigenvalue weighted by molar-refractivity contribution is 6.31. The number of hydrazone groups is 1. The second kappa shape index (κ2) is 9.28. The van der Waals surface area contributed by atoms with Crippen molar-refractivity contribution in [3.8, 4) is 5.75 Å². The van der Waals surface area contributed by atoms with Gasteiger partial charge in [-0.2, -0.15) is 5.10 Å². The number of hydrogen-bond donors (Lipinski definition) is 3. The average Bonchev–Trinajstić information content (AvgIpc) is 3.14. The lowest BCUT2D eigenvalue weighted by atomic mass is 9.93. The Morgan fingerprint density at radius 2 is 1.84 bits per heavy atom. The summed E-state index contributed by atoms with van der Waals surface area (Å²) in [4.78, 5) is 25.2. The van der Waals surface area contributed by atoms with Crippen molar-refractivity contribution in [2.45, 2.75) is 32.7 Å². The third-order valence-corrected chi connectivity index (χ3v) is 5.74. The molecule has 3 aromatic rings. The highest BCUT2D eigenvalue weighted by Crippen LogP contribution is 2.30. The number of halogens is 1. The van der Waals surface area contributed by atoms with Crippen molar-refractivity contribution < 1.29 is 19.1 Å². The number of phenols is 1. The van der Waals surface area contributed by atoms with Crippen LogP contribution in [0.5, 0.6) is 5.75 Å². The Morgan fingerprint density at radius 3 is 2.62 bits per heavy atom. The van der Waals surface area contributed by atoms with Gasteiger partial charge in [0.15, 0.2) is 5.76 Å². The van der Waals surface area contributed by atoms with Crippen LogP contribution in [0.25, 0.3) is 0 Å². The minimum absolute atomic E-state index is 0.119. The maximum Gasteiger partial charge on any atom is 0.287 e. The summed E-state index contributed by atoms with van der Waals surface area (Å²) in [7, 11) is 0. The van der Waals surface area contributed by atoms with Gasteiger partial charge in [0, 0.05) is 29.1 Å². The molecule has 8 heteroatoms. The van der Waals surface area contributed by atoms with E-state index in [0.29, 0.717) is 34.9 Å². The molecular weight excluding hydrogens is 430 g/mol. The van der Waals surface area contributed by atoms with Gasteiger partial charge in [0.05, 0.1) is 11.3 Å². The molecule has 1 aliphatic rings. The zero-order valence-electron chi connectivity index (χ0n) is 17.4. The van der Waals surface area contributed by atoms with E-state index in [-0.39, 0.29) is 29.5 Å². The van der Waals surface area contributed by atoms with Crippen LogP contribution in [0, 0.1) is 6.92 Å².